The Morgan fingerprint density at radius 2 is 2.17 bits per heavy atom. The van der Waals surface area contributed by atoms with E-state index in [1.165, 1.54) is 11.3 Å². The average Bonchev–Trinajstić information content (AvgIpc) is 2.76. The zero-order chi connectivity index (χ0) is 20.4. The number of amides is 1. The van der Waals surface area contributed by atoms with Crippen LogP contribution in [0, 0.1) is 11.8 Å². The SMILES string of the molecule is COc1ccc2c(c1)N1CCN(c3cnccn3)C[C@H]1[C@H](C(=O)NCC(C)C)C2. The number of hydrogen-bond donors (Lipinski definition) is 1. The summed E-state index contributed by atoms with van der Waals surface area (Å²) in [6, 6.07) is 6.26. The predicted octanol–water partition coefficient (Wildman–Crippen LogP) is 2.12. The fourth-order valence-corrected chi connectivity index (χ4v) is 4.30. The van der Waals surface area contributed by atoms with E-state index in [9.17, 15) is 4.79 Å². The van der Waals surface area contributed by atoms with Crippen LogP contribution >= 0.6 is 0 Å². The number of hydrogen-bond acceptors (Lipinski definition) is 6. The summed E-state index contributed by atoms with van der Waals surface area (Å²) in [4.78, 5) is 26.4. The molecule has 29 heavy (non-hydrogen) atoms. The van der Waals surface area contributed by atoms with Gasteiger partial charge in [0.05, 0.1) is 25.3 Å². The van der Waals surface area contributed by atoms with Gasteiger partial charge in [-0.25, -0.2) is 4.98 Å². The van der Waals surface area contributed by atoms with Crippen molar-refractivity contribution in [1.29, 1.82) is 0 Å². The molecular weight excluding hydrogens is 366 g/mol. The molecule has 0 saturated carbocycles. The van der Waals surface area contributed by atoms with Gasteiger partial charge in [0.15, 0.2) is 0 Å². The summed E-state index contributed by atoms with van der Waals surface area (Å²) in [5.41, 5.74) is 2.39. The van der Waals surface area contributed by atoms with E-state index in [0.717, 1.165) is 37.6 Å². The third-order valence-corrected chi connectivity index (χ3v) is 5.82. The molecule has 0 aliphatic carbocycles. The highest BCUT2D eigenvalue weighted by atomic mass is 16.5. The zero-order valence-corrected chi connectivity index (χ0v) is 17.3. The van der Waals surface area contributed by atoms with Crippen molar-refractivity contribution in [2.45, 2.75) is 26.3 Å². The summed E-state index contributed by atoms with van der Waals surface area (Å²) in [7, 11) is 1.69. The lowest BCUT2D eigenvalue weighted by molar-refractivity contribution is -0.126. The molecule has 7 heteroatoms. The van der Waals surface area contributed by atoms with Crippen LogP contribution in [0.4, 0.5) is 11.5 Å². The number of nitrogens with zero attached hydrogens (tertiary/aromatic N) is 4. The van der Waals surface area contributed by atoms with Gasteiger partial charge in [-0.3, -0.25) is 9.78 Å². The topological polar surface area (TPSA) is 70.6 Å². The average molecular weight is 396 g/mol. The maximum atomic E-state index is 13.1. The van der Waals surface area contributed by atoms with Gasteiger partial charge in [-0.05, 0) is 24.0 Å². The minimum absolute atomic E-state index is 0.0810. The maximum Gasteiger partial charge on any atom is 0.225 e. The third-order valence-electron chi connectivity index (χ3n) is 5.82. The predicted molar refractivity (Wildman–Crippen MR) is 113 cm³/mol. The van der Waals surface area contributed by atoms with E-state index in [-0.39, 0.29) is 17.9 Å². The highest BCUT2D eigenvalue weighted by molar-refractivity contribution is 5.82. The fourth-order valence-electron chi connectivity index (χ4n) is 4.30. The Hall–Kier alpha value is -2.83. The first-order valence-corrected chi connectivity index (χ1v) is 10.3. The van der Waals surface area contributed by atoms with Crippen LogP contribution in [0.1, 0.15) is 19.4 Å². The molecule has 0 radical (unpaired) electrons. The number of carbonyl (C=O) groups excluding carboxylic acids is 1. The zero-order valence-electron chi connectivity index (χ0n) is 17.3. The van der Waals surface area contributed by atoms with Crippen molar-refractivity contribution in [3.05, 3.63) is 42.4 Å². The van der Waals surface area contributed by atoms with Gasteiger partial charge in [-0.2, -0.15) is 0 Å². The summed E-state index contributed by atoms with van der Waals surface area (Å²) in [5, 5.41) is 3.16. The monoisotopic (exact) mass is 395 g/mol. The molecule has 154 valence electrons. The van der Waals surface area contributed by atoms with E-state index in [2.05, 4.69) is 51.1 Å². The molecule has 3 heterocycles. The van der Waals surface area contributed by atoms with Crippen molar-refractivity contribution in [2.75, 3.05) is 43.1 Å². The molecule has 1 aromatic heterocycles. The molecular formula is C22H29N5O2. The molecule has 0 bridgehead atoms. The third kappa shape index (κ3) is 3.99. The summed E-state index contributed by atoms with van der Waals surface area (Å²) in [6.45, 7) is 7.35. The van der Waals surface area contributed by atoms with Crippen molar-refractivity contribution in [2.24, 2.45) is 11.8 Å². The Labute approximate surface area is 172 Å². The van der Waals surface area contributed by atoms with Crippen LogP contribution in [-0.4, -0.2) is 55.2 Å². The summed E-state index contributed by atoms with van der Waals surface area (Å²) >= 11 is 0. The van der Waals surface area contributed by atoms with Gasteiger partial charge in [0, 0.05) is 50.3 Å². The largest absolute Gasteiger partial charge is 0.497 e. The number of aromatic nitrogens is 2. The molecule has 1 saturated heterocycles. The number of carbonyl (C=O) groups is 1. The molecule has 1 N–H and O–H groups in total. The molecule has 7 nitrogen and oxygen atoms in total. The van der Waals surface area contributed by atoms with E-state index in [1.807, 2.05) is 6.07 Å². The van der Waals surface area contributed by atoms with Crippen LogP contribution in [0.5, 0.6) is 5.75 Å². The van der Waals surface area contributed by atoms with Crippen molar-refractivity contribution in [3.8, 4) is 5.75 Å². The Morgan fingerprint density at radius 1 is 1.31 bits per heavy atom. The Morgan fingerprint density at radius 3 is 2.90 bits per heavy atom. The van der Waals surface area contributed by atoms with Gasteiger partial charge < -0.3 is 19.9 Å². The summed E-state index contributed by atoms with van der Waals surface area (Å²) in [5.74, 6) is 2.18. The lowest BCUT2D eigenvalue weighted by atomic mass is 9.83. The van der Waals surface area contributed by atoms with Crippen molar-refractivity contribution < 1.29 is 9.53 Å². The van der Waals surface area contributed by atoms with Gasteiger partial charge in [0.2, 0.25) is 5.91 Å². The molecule has 2 aliphatic rings. The van der Waals surface area contributed by atoms with Crippen LogP contribution in [0.25, 0.3) is 0 Å². The second-order valence-corrected chi connectivity index (χ2v) is 8.21. The summed E-state index contributed by atoms with van der Waals surface area (Å²) < 4.78 is 5.46. The second-order valence-electron chi connectivity index (χ2n) is 8.21. The smallest absolute Gasteiger partial charge is 0.225 e. The van der Waals surface area contributed by atoms with Gasteiger partial charge in [0.1, 0.15) is 11.6 Å². The van der Waals surface area contributed by atoms with E-state index in [0.29, 0.717) is 12.5 Å². The first kappa shape index (κ1) is 19.5. The van der Waals surface area contributed by atoms with E-state index in [4.69, 9.17) is 4.74 Å². The van der Waals surface area contributed by atoms with Crippen molar-refractivity contribution in [1.82, 2.24) is 15.3 Å². The number of fused-ring (bicyclic) bond motifs is 3. The van der Waals surface area contributed by atoms with Crippen LogP contribution < -0.4 is 19.9 Å². The Balaban J connectivity index is 1.64. The molecule has 1 amide bonds. The van der Waals surface area contributed by atoms with E-state index < -0.39 is 0 Å². The number of benzene rings is 1. The normalized spacial score (nSPS) is 20.8. The minimum Gasteiger partial charge on any atom is -0.497 e. The van der Waals surface area contributed by atoms with Crippen LogP contribution in [0.3, 0.4) is 0 Å². The van der Waals surface area contributed by atoms with Gasteiger partial charge in [-0.1, -0.05) is 19.9 Å². The first-order valence-electron chi connectivity index (χ1n) is 10.3. The van der Waals surface area contributed by atoms with E-state index in [1.54, 1.807) is 25.7 Å². The first-order chi connectivity index (χ1) is 14.1. The second kappa shape index (κ2) is 8.27. The molecule has 1 aromatic carbocycles. The van der Waals surface area contributed by atoms with Gasteiger partial charge >= 0.3 is 0 Å². The van der Waals surface area contributed by atoms with Gasteiger partial charge in [-0.15, -0.1) is 0 Å². The highest BCUT2D eigenvalue weighted by Crippen LogP contribution is 2.38. The quantitative estimate of drug-likeness (QED) is 0.836. The van der Waals surface area contributed by atoms with Crippen LogP contribution in [-0.2, 0) is 11.2 Å². The number of rotatable bonds is 5. The van der Waals surface area contributed by atoms with Crippen molar-refractivity contribution >= 4 is 17.4 Å². The molecule has 4 rings (SSSR count). The Bertz CT molecular complexity index is 858. The number of nitrogens with one attached hydrogen (secondary N) is 1. The van der Waals surface area contributed by atoms with Crippen LogP contribution in [0.15, 0.2) is 36.8 Å². The van der Waals surface area contributed by atoms with Gasteiger partial charge in [0.25, 0.3) is 0 Å². The lowest BCUT2D eigenvalue weighted by Crippen LogP contribution is -2.61. The minimum atomic E-state index is -0.103. The van der Waals surface area contributed by atoms with Crippen LogP contribution in [0.2, 0.25) is 0 Å². The number of anilines is 2. The van der Waals surface area contributed by atoms with Crippen molar-refractivity contribution in [3.63, 3.8) is 0 Å². The highest BCUT2D eigenvalue weighted by Gasteiger charge is 2.42. The number of piperazine rings is 1. The number of ether oxygens (including phenoxy) is 1. The molecule has 1 fully saturated rings. The standard InChI is InChI=1S/C22H29N5O2/c1-15(2)12-25-22(28)18-10-16-4-5-17(29-3)11-19(16)27-9-8-26(14-20(18)27)21-13-23-6-7-24-21/h4-7,11,13,15,18,20H,8-10,12,14H2,1-3H3,(H,25,28)/t18-,20+/m1/s1. The summed E-state index contributed by atoms with van der Waals surface area (Å²) in [6.07, 6.45) is 5.93. The number of methoxy groups -OCH3 is 1. The molecule has 0 unspecified atom stereocenters. The van der Waals surface area contributed by atoms with E-state index >= 15 is 0 Å². The molecule has 2 aliphatic heterocycles. The lowest BCUT2D eigenvalue weighted by Gasteiger charge is -2.49. The maximum absolute atomic E-state index is 13.1. The molecule has 0 spiro atoms. The fraction of sp³-hybridized carbons (Fsp3) is 0.500. The molecule has 2 aromatic rings. The Kier molecular flexibility index (Phi) is 5.56. The molecule has 2 atom stereocenters.